The standard InChI is InChI=1S/C22H17F3N6O2S/c1-12-26-20-13-6-2-3-7-14(13)28-21(31(20)29-12)34-11-19(33)30-16-9-5-4-8-15(16)27-18(32)10-17(30)22(23,24)25/h2-9,17H,10-11H2,1H3,(H,27,32). The minimum absolute atomic E-state index is 0.00510. The van der Waals surface area contributed by atoms with Gasteiger partial charge in [0.15, 0.2) is 10.8 Å². The van der Waals surface area contributed by atoms with Gasteiger partial charge in [0.25, 0.3) is 0 Å². The van der Waals surface area contributed by atoms with Crippen LogP contribution < -0.4 is 10.2 Å². The maximum atomic E-state index is 13.9. The highest BCUT2D eigenvalue weighted by Gasteiger charge is 2.48. The van der Waals surface area contributed by atoms with Crippen LogP contribution in [-0.2, 0) is 9.59 Å². The van der Waals surface area contributed by atoms with Gasteiger partial charge < -0.3 is 5.32 Å². The normalized spacial score (nSPS) is 16.4. The van der Waals surface area contributed by atoms with E-state index in [2.05, 4.69) is 20.4 Å². The van der Waals surface area contributed by atoms with Gasteiger partial charge in [0, 0.05) is 5.39 Å². The molecule has 0 radical (unpaired) electrons. The van der Waals surface area contributed by atoms with E-state index >= 15 is 0 Å². The van der Waals surface area contributed by atoms with Crippen LogP contribution >= 0.6 is 11.8 Å². The Labute approximate surface area is 195 Å². The lowest BCUT2D eigenvalue weighted by atomic mass is 10.1. The summed E-state index contributed by atoms with van der Waals surface area (Å²) in [6, 6.07) is 10.9. The van der Waals surface area contributed by atoms with E-state index in [1.165, 1.54) is 22.7 Å². The molecule has 34 heavy (non-hydrogen) atoms. The zero-order chi connectivity index (χ0) is 24.0. The van der Waals surface area contributed by atoms with Gasteiger partial charge in [-0.25, -0.2) is 9.97 Å². The van der Waals surface area contributed by atoms with Crippen molar-refractivity contribution in [3.63, 3.8) is 0 Å². The van der Waals surface area contributed by atoms with Gasteiger partial charge in [-0.3, -0.25) is 14.5 Å². The fourth-order valence-corrected chi connectivity index (χ4v) is 4.72. The molecule has 0 saturated carbocycles. The lowest BCUT2D eigenvalue weighted by molar-refractivity contribution is -0.157. The number of aryl methyl sites for hydroxylation is 1. The Morgan fingerprint density at radius 2 is 1.88 bits per heavy atom. The number of carbonyl (C=O) groups is 2. The maximum absolute atomic E-state index is 13.9. The number of hydrogen-bond donors (Lipinski definition) is 1. The number of rotatable bonds is 3. The minimum Gasteiger partial charge on any atom is -0.324 e. The van der Waals surface area contributed by atoms with Gasteiger partial charge in [-0.15, -0.1) is 5.10 Å². The topological polar surface area (TPSA) is 92.5 Å². The Morgan fingerprint density at radius 1 is 1.15 bits per heavy atom. The molecule has 0 saturated heterocycles. The smallest absolute Gasteiger partial charge is 0.324 e. The Balaban J connectivity index is 1.52. The zero-order valence-corrected chi connectivity index (χ0v) is 18.5. The quantitative estimate of drug-likeness (QED) is 0.348. The van der Waals surface area contributed by atoms with Gasteiger partial charge in [-0.05, 0) is 31.2 Å². The van der Waals surface area contributed by atoms with E-state index in [1.807, 2.05) is 12.1 Å². The Morgan fingerprint density at radius 3 is 2.68 bits per heavy atom. The van der Waals surface area contributed by atoms with Gasteiger partial charge in [-0.1, -0.05) is 36.0 Å². The van der Waals surface area contributed by atoms with E-state index in [9.17, 15) is 22.8 Å². The zero-order valence-electron chi connectivity index (χ0n) is 17.7. The van der Waals surface area contributed by atoms with Crippen LogP contribution in [0.4, 0.5) is 24.5 Å². The van der Waals surface area contributed by atoms with Gasteiger partial charge in [0.05, 0.1) is 29.1 Å². The van der Waals surface area contributed by atoms with Crippen LogP contribution in [0, 0.1) is 6.92 Å². The van der Waals surface area contributed by atoms with Crippen LogP contribution in [-0.4, -0.2) is 49.4 Å². The van der Waals surface area contributed by atoms with Crippen molar-refractivity contribution in [2.75, 3.05) is 16.0 Å². The van der Waals surface area contributed by atoms with E-state index < -0.39 is 30.5 Å². The lowest BCUT2D eigenvalue weighted by Gasteiger charge is -2.31. The molecular weight excluding hydrogens is 469 g/mol. The summed E-state index contributed by atoms with van der Waals surface area (Å²) in [6.07, 6.45) is -5.69. The second kappa shape index (κ2) is 8.28. The van der Waals surface area contributed by atoms with Crippen LogP contribution in [0.5, 0.6) is 0 Å². The average Bonchev–Trinajstić information content (AvgIpc) is 3.11. The molecule has 0 aliphatic carbocycles. The summed E-state index contributed by atoms with van der Waals surface area (Å²) in [7, 11) is 0. The first-order valence-electron chi connectivity index (χ1n) is 10.2. The number of halogens is 3. The molecular formula is C22H17F3N6O2S. The molecule has 2 aromatic carbocycles. The fourth-order valence-electron chi connectivity index (χ4n) is 3.92. The first-order valence-corrected chi connectivity index (χ1v) is 11.2. The van der Waals surface area contributed by atoms with Crippen molar-refractivity contribution < 1.29 is 22.8 Å². The molecule has 0 spiro atoms. The highest BCUT2D eigenvalue weighted by atomic mass is 32.2. The van der Waals surface area contributed by atoms with E-state index in [0.29, 0.717) is 27.0 Å². The highest BCUT2D eigenvalue weighted by molar-refractivity contribution is 7.99. The monoisotopic (exact) mass is 486 g/mol. The van der Waals surface area contributed by atoms with E-state index in [4.69, 9.17) is 0 Å². The Hall–Kier alpha value is -3.67. The molecule has 2 amide bonds. The molecule has 1 aliphatic heterocycles. The number of aromatic nitrogens is 4. The van der Waals surface area contributed by atoms with Gasteiger partial charge in [-0.2, -0.15) is 17.7 Å². The van der Waals surface area contributed by atoms with E-state index in [-0.39, 0.29) is 17.1 Å². The van der Waals surface area contributed by atoms with Crippen LogP contribution in [0.2, 0.25) is 0 Å². The molecule has 1 N–H and O–H groups in total. The number of fused-ring (bicyclic) bond motifs is 4. The number of nitrogens with one attached hydrogen (secondary N) is 1. The number of nitrogens with zero attached hydrogens (tertiary/aromatic N) is 5. The summed E-state index contributed by atoms with van der Waals surface area (Å²) in [5.74, 6) is -1.48. The summed E-state index contributed by atoms with van der Waals surface area (Å²) < 4.78 is 43.3. The third kappa shape index (κ3) is 3.94. The molecule has 0 fully saturated rings. The Bertz CT molecular complexity index is 1440. The second-order valence-electron chi connectivity index (χ2n) is 7.69. The van der Waals surface area contributed by atoms with Crippen LogP contribution in [0.25, 0.3) is 16.6 Å². The van der Waals surface area contributed by atoms with E-state index in [0.717, 1.165) is 17.1 Å². The van der Waals surface area contributed by atoms with Crippen molar-refractivity contribution in [1.82, 2.24) is 19.6 Å². The number of amides is 2. The molecule has 12 heteroatoms. The molecule has 1 atom stereocenters. The molecule has 8 nitrogen and oxygen atoms in total. The predicted molar refractivity (Wildman–Crippen MR) is 121 cm³/mol. The average molecular weight is 486 g/mol. The Kier molecular flexibility index (Phi) is 5.39. The maximum Gasteiger partial charge on any atom is 0.409 e. The first kappa shape index (κ1) is 22.1. The van der Waals surface area contributed by atoms with Crippen molar-refractivity contribution in [3.05, 3.63) is 54.4 Å². The van der Waals surface area contributed by atoms with Crippen molar-refractivity contribution in [3.8, 4) is 0 Å². The van der Waals surface area contributed by atoms with Gasteiger partial charge in [0.1, 0.15) is 11.9 Å². The summed E-state index contributed by atoms with van der Waals surface area (Å²) in [6.45, 7) is 1.72. The SMILES string of the molecule is Cc1nc2c3ccccc3nc(SCC(=O)N3c4ccccc4NC(=O)CC3C(F)(F)F)n2n1. The number of benzene rings is 2. The molecule has 174 valence electrons. The predicted octanol–water partition coefficient (Wildman–Crippen LogP) is 3.98. The fraction of sp³-hybridized carbons (Fsp3) is 0.227. The van der Waals surface area contributed by atoms with E-state index in [1.54, 1.807) is 25.1 Å². The number of carbonyl (C=O) groups excluding carboxylic acids is 2. The van der Waals surface area contributed by atoms with Gasteiger partial charge >= 0.3 is 6.18 Å². The van der Waals surface area contributed by atoms with Crippen molar-refractivity contribution in [2.24, 2.45) is 0 Å². The van der Waals surface area contributed by atoms with Crippen molar-refractivity contribution in [2.45, 2.75) is 30.7 Å². The third-order valence-corrected chi connectivity index (χ3v) is 6.27. The summed E-state index contributed by atoms with van der Waals surface area (Å²) >= 11 is 0.960. The van der Waals surface area contributed by atoms with Gasteiger partial charge in [0.2, 0.25) is 11.8 Å². The number of para-hydroxylation sites is 3. The number of hydrogen-bond acceptors (Lipinski definition) is 6. The number of thioether (sulfide) groups is 1. The molecule has 2 aromatic heterocycles. The summed E-state index contributed by atoms with van der Waals surface area (Å²) in [5, 5.41) is 7.88. The molecule has 1 unspecified atom stereocenters. The third-order valence-electron chi connectivity index (χ3n) is 5.35. The summed E-state index contributed by atoms with van der Waals surface area (Å²) in [4.78, 5) is 35.0. The number of anilines is 2. The van der Waals surface area contributed by atoms with Crippen molar-refractivity contribution >= 4 is 51.5 Å². The lowest BCUT2D eigenvalue weighted by Crippen LogP contribution is -2.50. The summed E-state index contributed by atoms with van der Waals surface area (Å²) in [5.41, 5.74) is 1.31. The highest BCUT2D eigenvalue weighted by Crippen LogP contribution is 2.38. The van der Waals surface area contributed by atoms with Crippen molar-refractivity contribution in [1.29, 1.82) is 0 Å². The van der Waals surface area contributed by atoms with Crippen LogP contribution in [0.1, 0.15) is 12.2 Å². The van der Waals surface area contributed by atoms with Crippen LogP contribution in [0.3, 0.4) is 0 Å². The molecule has 1 aliphatic rings. The molecule has 3 heterocycles. The first-order chi connectivity index (χ1) is 16.2. The minimum atomic E-state index is -4.80. The molecule has 4 aromatic rings. The molecule has 5 rings (SSSR count). The second-order valence-corrected chi connectivity index (χ2v) is 8.63. The number of alkyl halides is 3. The van der Waals surface area contributed by atoms with Crippen LogP contribution in [0.15, 0.2) is 53.7 Å². The largest absolute Gasteiger partial charge is 0.409 e. The molecule has 0 bridgehead atoms.